The van der Waals surface area contributed by atoms with Crippen molar-refractivity contribution in [2.45, 2.75) is 20.3 Å². The number of aryl methyl sites for hydroxylation is 1. The van der Waals surface area contributed by atoms with Gasteiger partial charge >= 0.3 is 0 Å². The summed E-state index contributed by atoms with van der Waals surface area (Å²) in [6, 6.07) is 0. The predicted molar refractivity (Wildman–Crippen MR) is 81.4 cm³/mol. The van der Waals surface area contributed by atoms with Crippen molar-refractivity contribution in [2.75, 3.05) is 37.5 Å². The molecule has 0 amide bonds. The second-order valence-corrected chi connectivity index (χ2v) is 5.23. The molecular weight excluding hydrogens is 252 g/mol. The van der Waals surface area contributed by atoms with E-state index < -0.39 is 0 Å². The Kier molecular flexibility index (Phi) is 4.22. The summed E-state index contributed by atoms with van der Waals surface area (Å²) >= 11 is 0. The fraction of sp³-hybridized carbons (Fsp3) is 0.500. The third-order valence-corrected chi connectivity index (χ3v) is 3.40. The lowest BCUT2D eigenvalue weighted by atomic mass is 10.2. The molecule has 108 valence electrons. The van der Waals surface area contributed by atoms with E-state index in [4.69, 9.17) is 0 Å². The highest BCUT2D eigenvalue weighted by Gasteiger charge is 2.13. The normalized spacial score (nSPS) is 10.7. The number of hydrogen-bond acceptors (Lipinski definition) is 5. The van der Waals surface area contributed by atoms with Gasteiger partial charge in [-0.3, -0.25) is 5.10 Å². The van der Waals surface area contributed by atoms with E-state index in [1.807, 2.05) is 38.3 Å². The molecule has 0 aliphatic rings. The van der Waals surface area contributed by atoms with Crippen LogP contribution in [0.25, 0.3) is 0 Å². The van der Waals surface area contributed by atoms with Crippen LogP contribution < -0.4 is 9.80 Å². The van der Waals surface area contributed by atoms with E-state index in [1.165, 1.54) is 5.56 Å². The van der Waals surface area contributed by atoms with Gasteiger partial charge in [-0.2, -0.15) is 10.1 Å². The summed E-state index contributed by atoms with van der Waals surface area (Å²) in [5.74, 6) is 1.74. The monoisotopic (exact) mass is 274 g/mol. The van der Waals surface area contributed by atoms with Gasteiger partial charge in [0.05, 0.1) is 6.20 Å². The van der Waals surface area contributed by atoms with Crippen LogP contribution in [0.5, 0.6) is 0 Å². The highest BCUT2D eigenvalue weighted by Crippen LogP contribution is 2.21. The van der Waals surface area contributed by atoms with E-state index in [1.54, 1.807) is 0 Å². The Morgan fingerprint density at radius 2 is 1.90 bits per heavy atom. The van der Waals surface area contributed by atoms with Crippen LogP contribution >= 0.6 is 0 Å². The molecule has 0 bridgehead atoms. The van der Waals surface area contributed by atoms with Crippen LogP contribution in [0.4, 0.5) is 11.8 Å². The number of aromatic amines is 1. The molecule has 0 unspecified atom stereocenters. The molecule has 2 aromatic heterocycles. The van der Waals surface area contributed by atoms with Crippen molar-refractivity contribution >= 4 is 11.8 Å². The van der Waals surface area contributed by atoms with Crippen molar-refractivity contribution in [1.82, 2.24) is 20.2 Å². The van der Waals surface area contributed by atoms with E-state index in [0.29, 0.717) is 0 Å². The Morgan fingerprint density at radius 1 is 1.15 bits per heavy atom. The molecule has 20 heavy (non-hydrogen) atoms. The molecular formula is C14H22N6. The first-order valence-corrected chi connectivity index (χ1v) is 6.70. The van der Waals surface area contributed by atoms with Gasteiger partial charge in [-0.1, -0.05) is 0 Å². The van der Waals surface area contributed by atoms with Crippen molar-refractivity contribution in [3.63, 3.8) is 0 Å². The average Bonchev–Trinajstić information content (AvgIpc) is 2.92. The third-order valence-electron chi connectivity index (χ3n) is 3.40. The second kappa shape index (κ2) is 5.90. The average molecular weight is 274 g/mol. The minimum absolute atomic E-state index is 0.748. The summed E-state index contributed by atoms with van der Waals surface area (Å²) < 4.78 is 0. The van der Waals surface area contributed by atoms with Crippen LogP contribution in [-0.2, 0) is 6.42 Å². The molecule has 0 aromatic carbocycles. The maximum atomic E-state index is 4.65. The molecule has 2 rings (SSSR count). The molecule has 0 aliphatic carbocycles. The second-order valence-electron chi connectivity index (χ2n) is 5.23. The van der Waals surface area contributed by atoms with E-state index >= 15 is 0 Å². The van der Waals surface area contributed by atoms with Gasteiger partial charge in [-0.15, -0.1) is 0 Å². The number of rotatable bonds is 5. The van der Waals surface area contributed by atoms with Gasteiger partial charge < -0.3 is 9.80 Å². The highest BCUT2D eigenvalue weighted by atomic mass is 15.3. The van der Waals surface area contributed by atoms with Gasteiger partial charge in [0, 0.05) is 45.1 Å². The van der Waals surface area contributed by atoms with Crippen molar-refractivity contribution in [1.29, 1.82) is 0 Å². The lowest BCUT2D eigenvalue weighted by Gasteiger charge is -2.22. The molecule has 0 atom stereocenters. The van der Waals surface area contributed by atoms with Crippen molar-refractivity contribution < 1.29 is 0 Å². The molecule has 0 spiro atoms. The Bertz CT molecular complexity index is 561. The molecule has 0 radical (unpaired) electrons. The van der Waals surface area contributed by atoms with E-state index in [9.17, 15) is 0 Å². The Morgan fingerprint density at radius 3 is 2.50 bits per heavy atom. The van der Waals surface area contributed by atoms with Crippen molar-refractivity contribution in [2.24, 2.45) is 0 Å². The van der Waals surface area contributed by atoms with E-state index in [0.717, 1.165) is 36.0 Å². The number of anilines is 2. The third kappa shape index (κ3) is 3.07. The molecule has 6 nitrogen and oxygen atoms in total. The molecule has 0 saturated heterocycles. The quantitative estimate of drug-likeness (QED) is 0.896. The van der Waals surface area contributed by atoms with Crippen molar-refractivity contribution in [3.05, 3.63) is 29.2 Å². The zero-order valence-corrected chi connectivity index (χ0v) is 12.8. The largest absolute Gasteiger partial charge is 0.359 e. The fourth-order valence-electron chi connectivity index (χ4n) is 1.99. The fourth-order valence-corrected chi connectivity index (χ4v) is 1.99. The Hall–Kier alpha value is -2.11. The molecule has 0 saturated carbocycles. The molecule has 6 heteroatoms. The number of likely N-dealkylation sites (N-methyl/N-ethyl adjacent to an activating group) is 1. The standard InChI is InChI=1S/C14H22N6/c1-10-11(2)17-14(19(3)4)18-13(10)20(5)7-6-12-8-15-16-9-12/h8-9H,6-7H2,1-5H3,(H,15,16). The molecule has 0 fully saturated rings. The summed E-state index contributed by atoms with van der Waals surface area (Å²) in [5, 5.41) is 6.80. The Balaban J connectivity index is 2.17. The van der Waals surface area contributed by atoms with Crippen LogP contribution in [0, 0.1) is 13.8 Å². The first kappa shape index (κ1) is 14.3. The Labute approximate surface area is 119 Å². The van der Waals surface area contributed by atoms with Gasteiger partial charge in [0.25, 0.3) is 0 Å². The van der Waals surface area contributed by atoms with Gasteiger partial charge in [0.1, 0.15) is 5.82 Å². The van der Waals surface area contributed by atoms with Gasteiger partial charge in [-0.05, 0) is 25.8 Å². The van der Waals surface area contributed by atoms with Crippen LogP contribution in [0.15, 0.2) is 12.4 Å². The summed E-state index contributed by atoms with van der Waals surface area (Å²) in [6.45, 7) is 4.99. The minimum atomic E-state index is 0.748. The van der Waals surface area contributed by atoms with Gasteiger partial charge in [0.2, 0.25) is 5.95 Å². The lowest BCUT2D eigenvalue weighted by molar-refractivity contribution is 0.839. The number of aromatic nitrogens is 4. The van der Waals surface area contributed by atoms with Crippen LogP contribution in [0.2, 0.25) is 0 Å². The summed E-state index contributed by atoms with van der Waals surface area (Å²) in [7, 11) is 5.98. The van der Waals surface area contributed by atoms with E-state index in [-0.39, 0.29) is 0 Å². The number of hydrogen-bond donors (Lipinski definition) is 1. The van der Waals surface area contributed by atoms with Crippen LogP contribution in [-0.4, -0.2) is 47.9 Å². The number of H-pyrrole nitrogens is 1. The van der Waals surface area contributed by atoms with E-state index in [2.05, 4.69) is 39.0 Å². The van der Waals surface area contributed by atoms with Crippen LogP contribution in [0.3, 0.4) is 0 Å². The molecule has 2 aromatic rings. The first-order valence-electron chi connectivity index (χ1n) is 6.70. The summed E-state index contributed by atoms with van der Waals surface area (Å²) in [6.07, 6.45) is 4.72. The van der Waals surface area contributed by atoms with Crippen molar-refractivity contribution in [3.8, 4) is 0 Å². The number of nitrogens with zero attached hydrogens (tertiary/aromatic N) is 5. The van der Waals surface area contributed by atoms with Gasteiger partial charge in [-0.25, -0.2) is 4.98 Å². The highest BCUT2D eigenvalue weighted by molar-refractivity contribution is 5.51. The number of nitrogens with one attached hydrogen (secondary N) is 1. The first-order chi connectivity index (χ1) is 9.49. The zero-order valence-electron chi connectivity index (χ0n) is 12.8. The summed E-state index contributed by atoms with van der Waals surface area (Å²) in [4.78, 5) is 13.2. The zero-order chi connectivity index (χ0) is 14.7. The summed E-state index contributed by atoms with van der Waals surface area (Å²) in [5.41, 5.74) is 3.35. The van der Waals surface area contributed by atoms with Gasteiger partial charge in [0.15, 0.2) is 0 Å². The topological polar surface area (TPSA) is 60.9 Å². The molecule has 1 N–H and O–H groups in total. The van der Waals surface area contributed by atoms with Crippen LogP contribution in [0.1, 0.15) is 16.8 Å². The SMILES string of the molecule is Cc1nc(N(C)C)nc(N(C)CCc2cn[nH]c2)c1C. The smallest absolute Gasteiger partial charge is 0.227 e. The maximum absolute atomic E-state index is 4.65. The lowest BCUT2D eigenvalue weighted by Crippen LogP contribution is -2.24. The minimum Gasteiger partial charge on any atom is -0.359 e. The molecule has 0 aliphatic heterocycles. The maximum Gasteiger partial charge on any atom is 0.227 e. The molecule has 2 heterocycles. The predicted octanol–water partition coefficient (Wildman–Crippen LogP) is 1.56.